The number of aromatic nitrogens is 2. The number of nitrogens with zero attached hydrogens (tertiary/aromatic N) is 1. The first-order valence-electron chi connectivity index (χ1n) is 15.4. The number of rotatable bonds is 14. The summed E-state index contributed by atoms with van der Waals surface area (Å²) in [5.41, 5.74) is 8.33. The lowest BCUT2D eigenvalue weighted by Crippen LogP contribution is -2.28. The van der Waals surface area contributed by atoms with Gasteiger partial charge in [-0.3, -0.25) is 5.10 Å². The van der Waals surface area contributed by atoms with Gasteiger partial charge in [0, 0.05) is 22.3 Å². The van der Waals surface area contributed by atoms with Crippen molar-refractivity contribution in [2.75, 3.05) is 13.1 Å². The van der Waals surface area contributed by atoms with Crippen molar-refractivity contribution < 1.29 is 4.39 Å². The molecule has 5 nitrogen and oxygen atoms in total. The minimum Gasteiger partial charge on any atom is -0.359 e. The van der Waals surface area contributed by atoms with Crippen molar-refractivity contribution in [1.82, 2.24) is 26.1 Å². The zero-order valence-corrected chi connectivity index (χ0v) is 27.3. The molecule has 2 aromatic rings. The van der Waals surface area contributed by atoms with Crippen LogP contribution >= 0.6 is 0 Å². The van der Waals surface area contributed by atoms with E-state index in [1.165, 1.54) is 12.1 Å². The van der Waals surface area contributed by atoms with Crippen LogP contribution in [0.1, 0.15) is 58.2 Å². The van der Waals surface area contributed by atoms with Crippen molar-refractivity contribution in [3.63, 3.8) is 0 Å². The lowest BCUT2D eigenvalue weighted by Gasteiger charge is -2.24. The molecule has 0 atom stereocenters. The van der Waals surface area contributed by atoms with Crippen LogP contribution in [0.15, 0.2) is 121 Å². The number of nitrogens with one attached hydrogen (secondary N) is 4. The van der Waals surface area contributed by atoms with E-state index in [0.717, 1.165) is 87.9 Å². The van der Waals surface area contributed by atoms with Crippen molar-refractivity contribution in [1.29, 1.82) is 0 Å². The average molecular weight is 606 g/mol. The van der Waals surface area contributed by atoms with Crippen molar-refractivity contribution in [2.45, 2.75) is 47.0 Å². The maximum atomic E-state index is 14.0. The summed E-state index contributed by atoms with van der Waals surface area (Å²) in [6.07, 6.45) is 16.7. The molecule has 2 heterocycles. The summed E-state index contributed by atoms with van der Waals surface area (Å²) in [5, 5.41) is 19.7. The molecule has 1 aromatic carbocycles. The minimum atomic E-state index is -0.293. The number of halogens is 1. The Morgan fingerprint density at radius 2 is 1.82 bits per heavy atom. The van der Waals surface area contributed by atoms with Gasteiger partial charge in [-0.25, -0.2) is 4.39 Å². The van der Waals surface area contributed by atoms with E-state index in [0.29, 0.717) is 17.3 Å². The standard InChI is InChI=1S/C39H48FN5/c1-10-15-36(33-16-14-17-34(40)24-33)28(7)29(8)43-30(9)39-37(38(13-4)44-45-39)22-26(5)32(11-2)25-35(12-3)42-27(6)23-31-18-20-41-21-19-31/h10-17,22,24-25,31,41-44H,1,3,5-6,9,18-21,23H2,2,4,7-8H3/b29-28+,32-11+,35-25+,36-15+,37-22+,38-13+. The maximum Gasteiger partial charge on any atom is 0.123 e. The van der Waals surface area contributed by atoms with E-state index in [9.17, 15) is 4.39 Å². The van der Waals surface area contributed by atoms with E-state index in [1.807, 2.05) is 64.1 Å². The molecule has 4 N–H and O–H groups in total. The van der Waals surface area contributed by atoms with Crippen LogP contribution in [0.4, 0.5) is 4.39 Å². The molecule has 1 aliphatic rings. The summed E-state index contributed by atoms with van der Waals surface area (Å²) >= 11 is 0. The van der Waals surface area contributed by atoms with Crippen LogP contribution in [0, 0.1) is 11.7 Å². The minimum absolute atomic E-state index is 0.293. The summed E-state index contributed by atoms with van der Waals surface area (Å²) in [4.78, 5) is 0. The molecule has 6 heteroatoms. The van der Waals surface area contributed by atoms with E-state index in [2.05, 4.69) is 59.0 Å². The summed E-state index contributed by atoms with van der Waals surface area (Å²) in [6.45, 7) is 30.9. The second-order valence-electron chi connectivity index (χ2n) is 11.2. The van der Waals surface area contributed by atoms with Crippen molar-refractivity contribution >= 4 is 23.4 Å². The molecule has 3 rings (SSSR count). The second kappa shape index (κ2) is 17.0. The molecular weight excluding hydrogens is 557 g/mol. The second-order valence-corrected chi connectivity index (χ2v) is 11.2. The van der Waals surface area contributed by atoms with E-state index in [4.69, 9.17) is 0 Å². The normalized spacial score (nSPS) is 16.2. The quantitative estimate of drug-likeness (QED) is 0.171. The fourth-order valence-electron chi connectivity index (χ4n) is 5.38. The van der Waals surface area contributed by atoms with Crippen LogP contribution in [-0.2, 0) is 0 Å². The highest BCUT2D eigenvalue weighted by Crippen LogP contribution is 2.26. The van der Waals surface area contributed by atoms with Gasteiger partial charge >= 0.3 is 0 Å². The smallest absolute Gasteiger partial charge is 0.123 e. The molecule has 1 aromatic heterocycles. The Kier molecular flexibility index (Phi) is 13.1. The van der Waals surface area contributed by atoms with Crippen molar-refractivity contribution in [3.05, 3.63) is 149 Å². The van der Waals surface area contributed by atoms with Crippen LogP contribution in [0.25, 0.3) is 23.4 Å². The summed E-state index contributed by atoms with van der Waals surface area (Å²) in [6, 6.07) is 6.53. The number of hydrogen-bond acceptors (Lipinski definition) is 4. The van der Waals surface area contributed by atoms with Crippen LogP contribution in [0.5, 0.6) is 0 Å². The van der Waals surface area contributed by atoms with Crippen LogP contribution in [0.3, 0.4) is 0 Å². The fourth-order valence-corrected chi connectivity index (χ4v) is 5.38. The van der Waals surface area contributed by atoms with E-state index >= 15 is 0 Å². The number of aromatic amines is 1. The molecule has 0 spiro atoms. The van der Waals surface area contributed by atoms with Crippen LogP contribution in [0.2, 0.25) is 0 Å². The first-order chi connectivity index (χ1) is 21.6. The maximum absolute atomic E-state index is 14.0. The largest absolute Gasteiger partial charge is 0.359 e. The van der Waals surface area contributed by atoms with Gasteiger partial charge in [0.25, 0.3) is 0 Å². The molecule has 1 aliphatic heterocycles. The molecule has 1 fully saturated rings. The van der Waals surface area contributed by atoms with Gasteiger partial charge in [0.2, 0.25) is 0 Å². The highest BCUT2D eigenvalue weighted by molar-refractivity contribution is 5.81. The molecular formula is C39H48FN5. The molecule has 0 aliphatic carbocycles. The van der Waals surface area contributed by atoms with Gasteiger partial charge in [0.1, 0.15) is 11.5 Å². The first kappa shape index (κ1) is 34.8. The molecule has 0 saturated carbocycles. The van der Waals surface area contributed by atoms with Gasteiger partial charge in [0.05, 0.1) is 11.0 Å². The molecule has 0 unspecified atom stereocenters. The monoisotopic (exact) mass is 605 g/mol. The van der Waals surface area contributed by atoms with Gasteiger partial charge in [-0.1, -0.05) is 69.3 Å². The summed E-state index contributed by atoms with van der Waals surface area (Å²) in [7, 11) is 0. The lowest BCUT2D eigenvalue weighted by atomic mass is 9.93. The highest BCUT2D eigenvalue weighted by Gasteiger charge is 2.15. The summed E-state index contributed by atoms with van der Waals surface area (Å²) < 4.78 is 14.0. The van der Waals surface area contributed by atoms with Crippen molar-refractivity contribution in [3.8, 4) is 0 Å². The van der Waals surface area contributed by atoms with Crippen molar-refractivity contribution in [2.24, 2.45) is 5.92 Å². The summed E-state index contributed by atoms with van der Waals surface area (Å²) in [5.74, 6) is 0.346. The third-order valence-corrected chi connectivity index (χ3v) is 7.98. The Bertz CT molecular complexity index is 1690. The predicted molar refractivity (Wildman–Crippen MR) is 191 cm³/mol. The van der Waals surface area contributed by atoms with Gasteiger partial charge in [-0.05, 0) is 124 Å². The van der Waals surface area contributed by atoms with E-state index in [-0.39, 0.29) is 5.82 Å². The Balaban J connectivity index is 1.87. The Labute approximate surface area is 268 Å². The molecule has 45 heavy (non-hydrogen) atoms. The predicted octanol–water partition coefficient (Wildman–Crippen LogP) is 7.32. The average Bonchev–Trinajstić information content (AvgIpc) is 3.44. The zero-order valence-electron chi connectivity index (χ0n) is 27.3. The number of hydrogen-bond donors (Lipinski definition) is 4. The Hall–Kier alpha value is -4.68. The number of benzene rings is 1. The molecule has 0 radical (unpaired) electrons. The molecule has 0 amide bonds. The fraction of sp³-hybridized carbons (Fsp3) is 0.256. The van der Waals surface area contributed by atoms with Crippen LogP contribution < -0.4 is 26.5 Å². The molecule has 1 saturated heterocycles. The Morgan fingerprint density at radius 1 is 1.09 bits per heavy atom. The van der Waals surface area contributed by atoms with Gasteiger partial charge in [-0.15, -0.1) is 0 Å². The Morgan fingerprint density at radius 3 is 2.44 bits per heavy atom. The SMILES string of the molecule is C=C/C=C(\C(C)=C(/C)NC(=C)c1n[nH]c(=C/C)/c1=C\C(=C)C(/C=C(\C=C)NC(=C)CC1CCNCC1)=C/C)c1cccc(F)c1. The lowest BCUT2D eigenvalue weighted by molar-refractivity contribution is 0.368. The third-order valence-electron chi connectivity index (χ3n) is 7.98. The highest BCUT2D eigenvalue weighted by atomic mass is 19.1. The van der Waals surface area contributed by atoms with Gasteiger partial charge in [0.15, 0.2) is 0 Å². The molecule has 0 bridgehead atoms. The zero-order chi connectivity index (χ0) is 32.9. The van der Waals surface area contributed by atoms with Gasteiger partial charge < -0.3 is 16.0 Å². The first-order valence-corrected chi connectivity index (χ1v) is 15.4. The number of H-pyrrole nitrogens is 1. The van der Waals surface area contributed by atoms with E-state index in [1.54, 1.807) is 18.2 Å². The number of allylic oxidation sites excluding steroid dienone is 11. The van der Waals surface area contributed by atoms with E-state index < -0.39 is 0 Å². The van der Waals surface area contributed by atoms with Crippen LogP contribution in [-0.4, -0.2) is 23.3 Å². The number of piperidine rings is 1. The molecule has 236 valence electrons. The van der Waals surface area contributed by atoms with Gasteiger partial charge in [-0.2, -0.15) is 5.10 Å². The third kappa shape index (κ3) is 9.65. The topological polar surface area (TPSA) is 64.8 Å².